The molecule has 1 N–H and O–H groups in total. The summed E-state index contributed by atoms with van der Waals surface area (Å²) in [7, 11) is 0.485. The molecule has 5 nitrogen and oxygen atoms in total. The number of pyridine rings is 1. The highest BCUT2D eigenvalue weighted by molar-refractivity contribution is 8.13. The molecule has 1 heterocycles. The van der Waals surface area contributed by atoms with Crippen molar-refractivity contribution in [2.45, 2.75) is 18.1 Å². The molecule has 1 rings (SSSR count). The van der Waals surface area contributed by atoms with Gasteiger partial charge in [-0.25, -0.2) is 13.4 Å². The average Bonchev–Trinajstić information content (AvgIpc) is 2.13. The first-order valence-corrected chi connectivity index (χ1v) is 6.62. The fourth-order valence-electron chi connectivity index (χ4n) is 1.05. The smallest absolute Gasteiger partial charge is 0.326 e. The van der Waals surface area contributed by atoms with Gasteiger partial charge >= 0.3 is 6.18 Å². The highest BCUT2D eigenvalue weighted by atomic mass is 35.7. The van der Waals surface area contributed by atoms with Crippen LogP contribution < -0.4 is 5.32 Å². The monoisotopic (exact) mass is 302 g/mol. The molecule has 0 atom stereocenters. The summed E-state index contributed by atoms with van der Waals surface area (Å²) in [5.41, 5.74) is -1.82. The van der Waals surface area contributed by atoms with E-state index in [1.165, 1.54) is 0 Å². The Labute approximate surface area is 104 Å². The maximum absolute atomic E-state index is 12.5. The van der Waals surface area contributed by atoms with Crippen LogP contribution >= 0.6 is 10.7 Å². The van der Waals surface area contributed by atoms with E-state index in [0.29, 0.717) is 6.07 Å². The van der Waals surface area contributed by atoms with Gasteiger partial charge in [0.25, 0.3) is 9.05 Å². The Morgan fingerprint density at radius 2 is 1.94 bits per heavy atom. The summed E-state index contributed by atoms with van der Waals surface area (Å²) in [6.45, 7) is 1.06. The van der Waals surface area contributed by atoms with Crippen molar-refractivity contribution in [1.82, 2.24) is 4.98 Å². The number of anilines is 1. The molecule has 18 heavy (non-hydrogen) atoms. The van der Waals surface area contributed by atoms with E-state index in [1.54, 1.807) is 0 Å². The van der Waals surface area contributed by atoms with E-state index < -0.39 is 31.9 Å². The van der Waals surface area contributed by atoms with Crippen LogP contribution in [0.3, 0.4) is 0 Å². The van der Waals surface area contributed by atoms with Crippen LogP contribution in [0.2, 0.25) is 0 Å². The predicted molar refractivity (Wildman–Crippen MR) is 56.6 cm³/mol. The number of nitrogens with zero attached hydrogens (tertiary/aromatic N) is 1. The Hall–Kier alpha value is -1.35. The Balaban J connectivity index is 3.43. The van der Waals surface area contributed by atoms with E-state index >= 15 is 0 Å². The molecular weight excluding hydrogens is 297 g/mol. The lowest BCUT2D eigenvalue weighted by molar-refractivity contribution is -0.141. The number of carbonyl (C=O) groups is 1. The van der Waals surface area contributed by atoms with Crippen LogP contribution in [-0.2, 0) is 20.0 Å². The van der Waals surface area contributed by atoms with E-state index in [9.17, 15) is 26.4 Å². The van der Waals surface area contributed by atoms with Crippen LogP contribution in [0.5, 0.6) is 0 Å². The molecule has 0 saturated heterocycles. The summed E-state index contributed by atoms with van der Waals surface area (Å²) < 4.78 is 59.3. The first-order valence-electron chi connectivity index (χ1n) is 4.31. The summed E-state index contributed by atoms with van der Waals surface area (Å²) >= 11 is 0. The Morgan fingerprint density at radius 1 is 1.39 bits per heavy atom. The standard InChI is InChI=1S/C8H6ClF3N2O3S/c1-4(15)13-5-2-6(8(10,11)12)14-7(3-5)18(9,16)17/h2-3H,1H3,(H,13,14,15). The molecule has 0 unspecified atom stereocenters. The number of nitrogens with one attached hydrogen (secondary N) is 1. The summed E-state index contributed by atoms with van der Waals surface area (Å²) in [6, 6.07) is 1.24. The van der Waals surface area contributed by atoms with E-state index in [4.69, 9.17) is 10.7 Å². The van der Waals surface area contributed by atoms with Crippen molar-refractivity contribution >= 4 is 31.3 Å². The third-order valence-electron chi connectivity index (χ3n) is 1.66. The van der Waals surface area contributed by atoms with E-state index in [2.05, 4.69) is 4.98 Å². The van der Waals surface area contributed by atoms with Gasteiger partial charge in [0.2, 0.25) is 5.91 Å². The largest absolute Gasteiger partial charge is 0.433 e. The molecule has 1 aromatic rings. The zero-order chi connectivity index (χ0) is 14.1. The van der Waals surface area contributed by atoms with Crippen LogP contribution in [-0.4, -0.2) is 19.3 Å². The number of hydrogen-bond donors (Lipinski definition) is 1. The molecular formula is C8H6ClF3N2O3S. The minimum absolute atomic E-state index is 0.357. The molecule has 0 aliphatic heterocycles. The number of alkyl halides is 3. The Morgan fingerprint density at radius 3 is 2.33 bits per heavy atom. The molecule has 0 spiro atoms. The lowest BCUT2D eigenvalue weighted by Gasteiger charge is -2.10. The lowest BCUT2D eigenvalue weighted by atomic mass is 10.3. The van der Waals surface area contributed by atoms with Crippen molar-refractivity contribution in [2.75, 3.05) is 5.32 Å². The van der Waals surface area contributed by atoms with Gasteiger partial charge in [0.05, 0.1) is 0 Å². The first-order chi connectivity index (χ1) is 8.00. The normalized spacial score (nSPS) is 12.3. The molecule has 0 aliphatic rings. The van der Waals surface area contributed by atoms with Gasteiger partial charge in [-0.2, -0.15) is 13.2 Å². The number of carbonyl (C=O) groups excluding carboxylic acids is 1. The Bertz CT molecular complexity index is 586. The molecule has 1 aromatic heterocycles. The fraction of sp³-hybridized carbons (Fsp3) is 0.250. The van der Waals surface area contributed by atoms with Gasteiger partial charge in [0, 0.05) is 29.4 Å². The zero-order valence-electron chi connectivity index (χ0n) is 8.75. The van der Waals surface area contributed by atoms with Crippen LogP contribution in [0, 0.1) is 0 Å². The molecule has 1 amide bonds. The van der Waals surface area contributed by atoms with Gasteiger partial charge in [-0.15, -0.1) is 0 Å². The van der Waals surface area contributed by atoms with Crippen LogP contribution in [0.15, 0.2) is 17.2 Å². The van der Waals surface area contributed by atoms with Crippen molar-refractivity contribution in [1.29, 1.82) is 0 Å². The minimum atomic E-state index is -4.86. The number of hydrogen-bond acceptors (Lipinski definition) is 4. The number of amides is 1. The number of rotatable bonds is 2. The fourth-order valence-corrected chi connectivity index (χ4v) is 1.76. The SMILES string of the molecule is CC(=O)Nc1cc(C(F)(F)F)nc(S(=O)(=O)Cl)c1. The van der Waals surface area contributed by atoms with Crippen molar-refractivity contribution in [2.24, 2.45) is 0 Å². The number of halogens is 4. The molecule has 0 aromatic carbocycles. The highest BCUT2D eigenvalue weighted by Crippen LogP contribution is 2.31. The van der Waals surface area contributed by atoms with Crippen LogP contribution in [0.4, 0.5) is 18.9 Å². The van der Waals surface area contributed by atoms with Gasteiger partial charge in [0.15, 0.2) is 5.03 Å². The molecule has 0 aliphatic carbocycles. The van der Waals surface area contributed by atoms with Crippen molar-refractivity contribution in [3.05, 3.63) is 17.8 Å². The van der Waals surface area contributed by atoms with Gasteiger partial charge in [0.1, 0.15) is 5.69 Å². The topological polar surface area (TPSA) is 76.1 Å². The molecule has 0 radical (unpaired) electrons. The van der Waals surface area contributed by atoms with Crippen molar-refractivity contribution in [3.63, 3.8) is 0 Å². The summed E-state index contributed by atoms with van der Waals surface area (Å²) in [5, 5.41) is 1.04. The van der Waals surface area contributed by atoms with E-state index in [1.807, 2.05) is 5.32 Å². The second-order valence-electron chi connectivity index (χ2n) is 3.20. The second-order valence-corrected chi connectivity index (χ2v) is 5.71. The van der Waals surface area contributed by atoms with Crippen LogP contribution in [0.25, 0.3) is 0 Å². The third kappa shape index (κ3) is 3.84. The number of aromatic nitrogens is 1. The van der Waals surface area contributed by atoms with Gasteiger partial charge in [-0.05, 0) is 6.07 Å². The summed E-state index contributed by atoms with van der Waals surface area (Å²) in [5.74, 6) is -0.660. The maximum atomic E-state index is 12.5. The van der Waals surface area contributed by atoms with Gasteiger partial charge in [-0.3, -0.25) is 4.79 Å². The quantitative estimate of drug-likeness (QED) is 0.848. The minimum Gasteiger partial charge on any atom is -0.326 e. The molecule has 0 bridgehead atoms. The Kier molecular flexibility index (Phi) is 3.86. The lowest BCUT2D eigenvalue weighted by Crippen LogP contribution is -2.13. The molecule has 0 saturated carbocycles. The van der Waals surface area contributed by atoms with Crippen LogP contribution in [0.1, 0.15) is 12.6 Å². The molecule has 0 fully saturated rings. The zero-order valence-corrected chi connectivity index (χ0v) is 10.3. The van der Waals surface area contributed by atoms with Gasteiger partial charge < -0.3 is 5.32 Å². The first kappa shape index (κ1) is 14.7. The van der Waals surface area contributed by atoms with E-state index in [0.717, 1.165) is 13.0 Å². The molecule has 100 valence electrons. The highest BCUT2D eigenvalue weighted by Gasteiger charge is 2.34. The van der Waals surface area contributed by atoms with E-state index in [-0.39, 0.29) is 5.69 Å². The summed E-state index contributed by atoms with van der Waals surface area (Å²) in [6.07, 6.45) is -4.86. The third-order valence-corrected chi connectivity index (χ3v) is 2.85. The van der Waals surface area contributed by atoms with Gasteiger partial charge in [-0.1, -0.05) is 0 Å². The second kappa shape index (κ2) is 4.73. The van der Waals surface area contributed by atoms with Crippen molar-refractivity contribution in [3.8, 4) is 0 Å². The predicted octanol–water partition coefficient (Wildman–Crippen LogP) is 1.99. The van der Waals surface area contributed by atoms with Crippen molar-refractivity contribution < 1.29 is 26.4 Å². The maximum Gasteiger partial charge on any atom is 0.433 e. The summed E-state index contributed by atoms with van der Waals surface area (Å²) in [4.78, 5) is 13.6. The molecule has 10 heteroatoms. The average molecular weight is 303 g/mol.